The molecular formula is C13H16ClN5O. The van der Waals surface area contributed by atoms with Crippen molar-refractivity contribution in [1.29, 1.82) is 0 Å². The Morgan fingerprint density at radius 3 is 3.15 bits per heavy atom. The number of carbonyl (C=O) groups excluding carboxylic acids is 1. The monoisotopic (exact) mass is 293 g/mol. The Balaban J connectivity index is 1.58. The first-order valence-corrected chi connectivity index (χ1v) is 6.95. The number of carbonyl (C=O) groups is 1. The maximum absolute atomic E-state index is 11.8. The maximum atomic E-state index is 11.8. The van der Waals surface area contributed by atoms with E-state index in [4.69, 9.17) is 11.6 Å². The van der Waals surface area contributed by atoms with Crippen LogP contribution in [0.4, 0.5) is 0 Å². The zero-order chi connectivity index (χ0) is 13.9. The van der Waals surface area contributed by atoms with Gasteiger partial charge in [-0.05, 0) is 24.1 Å². The number of benzene rings is 1. The number of nitrogens with zero attached hydrogens (tertiary/aromatic N) is 1. The molecule has 2 fully saturated rings. The average Bonchev–Trinajstić information content (AvgIpc) is 2.88. The van der Waals surface area contributed by atoms with Gasteiger partial charge in [0.2, 0.25) is 5.91 Å². The van der Waals surface area contributed by atoms with Crippen molar-refractivity contribution < 1.29 is 4.79 Å². The Morgan fingerprint density at radius 2 is 2.30 bits per heavy atom. The van der Waals surface area contributed by atoms with Crippen LogP contribution in [-0.4, -0.2) is 31.1 Å². The normalized spacial score (nSPS) is 27.1. The van der Waals surface area contributed by atoms with Crippen molar-refractivity contribution in [3.63, 3.8) is 0 Å². The molecule has 20 heavy (non-hydrogen) atoms. The van der Waals surface area contributed by atoms with E-state index in [0.717, 1.165) is 17.0 Å². The van der Waals surface area contributed by atoms with Gasteiger partial charge in [0.05, 0.1) is 5.92 Å². The van der Waals surface area contributed by atoms with Gasteiger partial charge in [-0.2, -0.15) is 0 Å². The average molecular weight is 294 g/mol. The van der Waals surface area contributed by atoms with Crippen LogP contribution in [0.2, 0.25) is 5.02 Å². The van der Waals surface area contributed by atoms with Gasteiger partial charge in [-0.15, -0.1) is 0 Å². The summed E-state index contributed by atoms with van der Waals surface area (Å²) in [6.07, 6.45) is 0.690. The smallest absolute Gasteiger partial charge is 0.234 e. The Hall–Kier alpha value is -1.63. The predicted octanol–water partition coefficient (Wildman–Crippen LogP) is 0.00800. The lowest BCUT2D eigenvalue weighted by Crippen LogP contribution is -2.61. The Bertz CT molecular complexity index is 547. The van der Waals surface area contributed by atoms with Gasteiger partial charge >= 0.3 is 0 Å². The minimum absolute atomic E-state index is 0.00671. The van der Waals surface area contributed by atoms with Crippen molar-refractivity contribution in [1.82, 2.24) is 21.5 Å². The van der Waals surface area contributed by atoms with Crippen LogP contribution in [0.25, 0.3) is 0 Å². The number of hydrogen-bond donors (Lipinski definition) is 4. The number of amides is 1. The van der Waals surface area contributed by atoms with Gasteiger partial charge in [-0.1, -0.05) is 23.7 Å². The molecule has 106 valence electrons. The summed E-state index contributed by atoms with van der Waals surface area (Å²) < 4.78 is 0. The molecule has 0 bridgehead atoms. The molecule has 6 nitrogen and oxygen atoms in total. The van der Waals surface area contributed by atoms with E-state index in [1.807, 2.05) is 24.3 Å². The van der Waals surface area contributed by atoms with Crippen molar-refractivity contribution in [2.75, 3.05) is 13.1 Å². The minimum atomic E-state index is -0.0955. The predicted molar refractivity (Wildman–Crippen MR) is 77.2 cm³/mol. The van der Waals surface area contributed by atoms with E-state index in [-0.39, 0.29) is 18.0 Å². The number of hydrazine groups is 1. The van der Waals surface area contributed by atoms with E-state index in [2.05, 4.69) is 26.5 Å². The molecule has 2 saturated heterocycles. The fraction of sp³-hybridized carbons (Fsp3) is 0.385. The third kappa shape index (κ3) is 2.92. The molecular weight excluding hydrogens is 278 g/mol. The second-order valence-electron chi connectivity index (χ2n) is 4.85. The maximum Gasteiger partial charge on any atom is 0.234 e. The Labute approximate surface area is 122 Å². The van der Waals surface area contributed by atoms with Crippen molar-refractivity contribution >= 4 is 23.5 Å². The number of aliphatic imine (C=N–C) groups is 1. The first-order valence-electron chi connectivity index (χ1n) is 6.57. The minimum Gasteiger partial charge on any atom is -0.339 e. The zero-order valence-corrected chi connectivity index (χ0v) is 11.6. The van der Waals surface area contributed by atoms with Crippen LogP contribution in [0.3, 0.4) is 0 Å². The summed E-state index contributed by atoms with van der Waals surface area (Å²) in [4.78, 5) is 16.2. The van der Waals surface area contributed by atoms with Crippen LogP contribution in [0, 0.1) is 5.92 Å². The molecule has 3 rings (SSSR count). The van der Waals surface area contributed by atoms with Crippen LogP contribution in [0.5, 0.6) is 0 Å². The van der Waals surface area contributed by atoms with Gasteiger partial charge in [-0.3, -0.25) is 20.5 Å². The van der Waals surface area contributed by atoms with E-state index in [0.29, 0.717) is 19.0 Å². The number of halogens is 1. The summed E-state index contributed by atoms with van der Waals surface area (Å²) in [5.41, 5.74) is 7.10. The highest BCUT2D eigenvalue weighted by molar-refractivity contribution is 6.30. The van der Waals surface area contributed by atoms with E-state index < -0.39 is 0 Å². The molecule has 0 aromatic heterocycles. The van der Waals surface area contributed by atoms with Gasteiger partial charge in [0, 0.05) is 18.1 Å². The topological polar surface area (TPSA) is 77.5 Å². The molecule has 2 unspecified atom stereocenters. The highest BCUT2D eigenvalue weighted by Gasteiger charge is 2.37. The van der Waals surface area contributed by atoms with E-state index in [1.165, 1.54) is 0 Å². The molecule has 4 N–H and O–H groups in total. The quantitative estimate of drug-likeness (QED) is 0.633. The summed E-state index contributed by atoms with van der Waals surface area (Å²) in [7, 11) is 0. The molecule has 2 atom stereocenters. The van der Waals surface area contributed by atoms with Crippen LogP contribution in [-0.2, 0) is 11.2 Å². The lowest BCUT2D eigenvalue weighted by molar-refractivity contribution is -0.124. The molecule has 2 aliphatic rings. The first kappa shape index (κ1) is 13.4. The standard InChI is InChI=1S/C13H16ClN5O/c14-9-3-1-2-8(6-9)4-5-15-13-17-11-10(7-16-19-11)12(20)18-13/h1-3,6,10-11,16,19H,4-5,7H2,(H2,15,17,18,20). The lowest BCUT2D eigenvalue weighted by Gasteiger charge is -2.27. The number of fused-ring (bicyclic) bond motifs is 1. The largest absolute Gasteiger partial charge is 0.339 e. The summed E-state index contributed by atoms with van der Waals surface area (Å²) in [5.74, 6) is 0.420. The highest BCUT2D eigenvalue weighted by atomic mass is 35.5. The second-order valence-corrected chi connectivity index (χ2v) is 5.29. The summed E-state index contributed by atoms with van der Waals surface area (Å²) >= 11 is 5.93. The van der Waals surface area contributed by atoms with Crippen LogP contribution in [0.1, 0.15) is 5.56 Å². The molecule has 1 aromatic rings. The summed E-state index contributed by atoms with van der Waals surface area (Å²) in [5, 5.41) is 6.67. The number of nitrogens with one attached hydrogen (secondary N) is 4. The molecule has 7 heteroatoms. The molecule has 2 aliphatic heterocycles. The van der Waals surface area contributed by atoms with Crippen molar-refractivity contribution in [2.24, 2.45) is 10.9 Å². The van der Waals surface area contributed by atoms with Gasteiger partial charge in [0.25, 0.3) is 0 Å². The van der Waals surface area contributed by atoms with E-state index in [9.17, 15) is 4.79 Å². The first-order chi connectivity index (χ1) is 9.72. The van der Waals surface area contributed by atoms with Crippen LogP contribution in [0.15, 0.2) is 29.3 Å². The van der Waals surface area contributed by atoms with Gasteiger partial charge in [-0.25, -0.2) is 5.43 Å². The molecule has 0 aliphatic carbocycles. The molecule has 0 radical (unpaired) electrons. The van der Waals surface area contributed by atoms with E-state index >= 15 is 0 Å². The second kappa shape index (κ2) is 5.78. The van der Waals surface area contributed by atoms with Crippen molar-refractivity contribution in [3.05, 3.63) is 34.9 Å². The van der Waals surface area contributed by atoms with Gasteiger partial charge in [0.1, 0.15) is 6.17 Å². The number of rotatable bonds is 3. The molecule has 0 saturated carbocycles. The third-order valence-electron chi connectivity index (χ3n) is 3.41. The Kier molecular flexibility index (Phi) is 3.86. The van der Waals surface area contributed by atoms with Crippen LogP contribution < -0.4 is 21.5 Å². The van der Waals surface area contributed by atoms with Gasteiger partial charge < -0.3 is 5.32 Å². The van der Waals surface area contributed by atoms with Gasteiger partial charge in [0.15, 0.2) is 5.96 Å². The zero-order valence-electron chi connectivity index (χ0n) is 10.8. The number of guanidine groups is 1. The molecule has 2 heterocycles. The lowest BCUT2D eigenvalue weighted by atomic mass is 10.1. The van der Waals surface area contributed by atoms with Crippen molar-refractivity contribution in [2.45, 2.75) is 12.6 Å². The SMILES string of the molecule is O=C1NC(=NCCc2cccc(Cl)c2)NC2NNCC12. The molecule has 0 spiro atoms. The summed E-state index contributed by atoms with van der Waals surface area (Å²) in [6.45, 7) is 1.22. The third-order valence-corrected chi connectivity index (χ3v) is 3.65. The molecule has 1 aromatic carbocycles. The fourth-order valence-corrected chi connectivity index (χ4v) is 2.56. The molecule has 1 amide bonds. The highest BCUT2D eigenvalue weighted by Crippen LogP contribution is 2.11. The number of hydrogen-bond acceptors (Lipinski definition) is 4. The summed E-state index contributed by atoms with van der Waals surface area (Å²) in [6, 6.07) is 7.70. The fourth-order valence-electron chi connectivity index (χ4n) is 2.35. The van der Waals surface area contributed by atoms with Crippen LogP contribution >= 0.6 is 11.6 Å². The van der Waals surface area contributed by atoms with Crippen molar-refractivity contribution in [3.8, 4) is 0 Å². The van der Waals surface area contributed by atoms with E-state index in [1.54, 1.807) is 0 Å². The Morgan fingerprint density at radius 1 is 1.40 bits per heavy atom.